The molecule has 0 atom stereocenters. The van der Waals surface area contributed by atoms with Crippen LogP contribution >= 0.6 is 0 Å². The highest BCUT2D eigenvalue weighted by Crippen LogP contribution is 2.26. The van der Waals surface area contributed by atoms with Crippen LogP contribution in [-0.4, -0.2) is 29.1 Å². The van der Waals surface area contributed by atoms with Gasteiger partial charge in [0.25, 0.3) is 0 Å². The summed E-state index contributed by atoms with van der Waals surface area (Å²) < 4.78 is 12.0. The molecular weight excluding hydrogens is 410 g/mol. The summed E-state index contributed by atoms with van der Waals surface area (Å²) in [4.78, 5) is 6.39. The van der Waals surface area contributed by atoms with Crippen LogP contribution in [0.3, 0.4) is 0 Å². The van der Waals surface area contributed by atoms with Crippen molar-refractivity contribution in [1.82, 2.24) is 9.88 Å². The third-order valence-electron chi connectivity index (χ3n) is 5.60. The number of pyridine rings is 1. The molecule has 1 aromatic heterocycles. The van der Waals surface area contributed by atoms with Crippen molar-refractivity contribution in [2.75, 3.05) is 13.1 Å². The zero-order valence-corrected chi connectivity index (χ0v) is 18.1. The summed E-state index contributed by atoms with van der Waals surface area (Å²) in [5.74, 6) is 2.54. The second kappa shape index (κ2) is 9.56. The number of ether oxygens (including phenoxy) is 2. The van der Waals surface area contributed by atoms with Crippen molar-refractivity contribution in [2.45, 2.75) is 12.6 Å². The first kappa shape index (κ1) is 20.7. The molecule has 5 rings (SSSR count). The van der Waals surface area contributed by atoms with Gasteiger partial charge in [-0.3, -0.25) is 4.90 Å². The van der Waals surface area contributed by atoms with Gasteiger partial charge in [0.1, 0.15) is 35.1 Å². The van der Waals surface area contributed by atoms with Gasteiger partial charge < -0.3 is 9.47 Å². The Kier molecular flexibility index (Phi) is 6.01. The number of para-hydroxylation sites is 1. The molecule has 162 valence electrons. The van der Waals surface area contributed by atoms with Gasteiger partial charge in [0.2, 0.25) is 0 Å². The average Bonchev–Trinajstić information content (AvgIpc) is 2.85. The van der Waals surface area contributed by atoms with E-state index in [1.165, 1.54) is 5.56 Å². The molecule has 0 saturated carbocycles. The fraction of sp³-hybridized carbons (Fsp3) is 0.143. The normalized spacial score (nSPS) is 13.7. The minimum atomic E-state index is 0.197. The summed E-state index contributed by atoms with van der Waals surface area (Å²) in [6.45, 7) is 2.70. The lowest BCUT2D eigenvalue weighted by Crippen LogP contribution is -2.53. The van der Waals surface area contributed by atoms with E-state index in [0.29, 0.717) is 5.69 Å². The molecule has 2 heterocycles. The second-order valence-electron chi connectivity index (χ2n) is 8.06. The van der Waals surface area contributed by atoms with Crippen LogP contribution in [0.15, 0.2) is 97.2 Å². The maximum Gasteiger partial charge on any atom is 0.141 e. The molecule has 0 bridgehead atoms. The Hall–Kier alpha value is -4.14. The van der Waals surface area contributed by atoms with E-state index in [-0.39, 0.29) is 6.10 Å². The number of rotatable bonds is 7. The van der Waals surface area contributed by atoms with Crippen molar-refractivity contribution in [2.24, 2.45) is 0 Å². The molecule has 0 radical (unpaired) electrons. The standard InChI is InChI=1S/C28H23N3O2/c29-17-24-16-23(14-15-30-24)22-8-12-27(13-9-22)33-28-19-31(20-28)18-21-6-10-26(11-7-21)32-25-4-2-1-3-5-25/h1-16,28H,18-20H2. The van der Waals surface area contributed by atoms with Crippen molar-refractivity contribution in [1.29, 1.82) is 5.26 Å². The highest BCUT2D eigenvalue weighted by Gasteiger charge is 2.28. The number of benzene rings is 3. The van der Waals surface area contributed by atoms with E-state index in [9.17, 15) is 0 Å². The largest absolute Gasteiger partial charge is 0.488 e. The molecule has 3 aromatic carbocycles. The first-order valence-electron chi connectivity index (χ1n) is 10.9. The summed E-state index contributed by atoms with van der Waals surface area (Å²) in [5, 5.41) is 9.02. The number of likely N-dealkylation sites (tertiary alicyclic amines) is 1. The van der Waals surface area contributed by atoms with Crippen molar-refractivity contribution in [3.05, 3.63) is 108 Å². The maximum absolute atomic E-state index is 9.02. The molecule has 0 N–H and O–H groups in total. The SMILES string of the molecule is N#Cc1cc(-c2ccc(OC3CN(Cc4ccc(Oc5ccccc5)cc4)C3)cc2)ccn1. The van der Waals surface area contributed by atoms with Crippen molar-refractivity contribution < 1.29 is 9.47 Å². The predicted octanol–water partition coefficient (Wildman–Crippen LogP) is 5.68. The van der Waals surface area contributed by atoms with Gasteiger partial charge in [0.05, 0.1) is 0 Å². The van der Waals surface area contributed by atoms with Gasteiger partial charge in [-0.15, -0.1) is 0 Å². The second-order valence-corrected chi connectivity index (χ2v) is 8.06. The highest BCUT2D eigenvalue weighted by atomic mass is 16.5. The Balaban J connectivity index is 1.10. The lowest BCUT2D eigenvalue weighted by Gasteiger charge is -2.39. The maximum atomic E-state index is 9.02. The lowest BCUT2D eigenvalue weighted by molar-refractivity contribution is 0.0146. The van der Waals surface area contributed by atoms with Crippen LogP contribution < -0.4 is 9.47 Å². The summed E-state index contributed by atoms with van der Waals surface area (Å²) >= 11 is 0. The molecule has 5 heteroatoms. The Bertz CT molecular complexity index is 1240. The summed E-state index contributed by atoms with van der Waals surface area (Å²) in [5.41, 5.74) is 3.69. The summed E-state index contributed by atoms with van der Waals surface area (Å²) in [6.07, 6.45) is 1.85. The highest BCUT2D eigenvalue weighted by molar-refractivity contribution is 5.64. The van der Waals surface area contributed by atoms with E-state index < -0.39 is 0 Å². The Morgan fingerprint density at radius 3 is 2.24 bits per heavy atom. The molecule has 5 nitrogen and oxygen atoms in total. The average molecular weight is 434 g/mol. The van der Waals surface area contributed by atoms with Gasteiger partial charge in [-0.2, -0.15) is 5.26 Å². The van der Waals surface area contributed by atoms with E-state index >= 15 is 0 Å². The van der Waals surface area contributed by atoms with Gasteiger partial charge in [0.15, 0.2) is 0 Å². The summed E-state index contributed by atoms with van der Waals surface area (Å²) in [6, 6.07) is 31.8. The lowest BCUT2D eigenvalue weighted by atomic mass is 10.1. The van der Waals surface area contributed by atoms with Crippen LogP contribution in [0.5, 0.6) is 17.2 Å². The Labute approximate surface area is 193 Å². The minimum Gasteiger partial charge on any atom is -0.488 e. The van der Waals surface area contributed by atoms with E-state index in [0.717, 1.165) is 48.0 Å². The van der Waals surface area contributed by atoms with Crippen LogP contribution in [0.2, 0.25) is 0 Å². The van der Waals surface area contributed by atoms with Crippen LogP contribution in [0.25, 0.3) is 11.1 Å². The van der Waals surface area contributed by atoms with E-state index in [4.69, 9.17) is 14.7 Å². The zero-order valence-electron chi connectivity index (χ0n) is 18.1. The summed E-state index contributed by atoms with van der Waals surface area (Å²) in [7, 11) is 0. The van der Waals surface area contributed by atoms with Gasteiger partial charge in [-0.25, -0.2) is 4.98 Å². The molecule has 4 aromatic rings. The fourth-order valence-corrected chi connectivity index (χ4v) is 3.86. The number of nitrogens with zero attached hydrogens (tertiary/aromatic N) is 3. The third kappa shape index (κ3) is 5.20. The van der Waals surface area contributed by atoms with Crippen LogP contribution in [0, 0.1) is 11.3 Å². The van der Waals surface area contributed by atoms with Crippen molar-refractivity contribution >= 4 is 0 Å². The number of hydrogen-bond acceptors (Lipinski definition) is 5. The van der Waals surface area contributed by atoms with Crippen molar-refractivity contribution in [3.8, 4) is 34.4 Å². The minimum absolute atomic E-state index is 0.197. The van der Waals surface area contributed by atoms with E-state index in [1.807, 2.05) is 72.8 Å². The molecule has 33 heavy (non-hydrogen) atoms. The molecule has 0 amide bonds. The van der Waals surface area contributed by atoms with E-state index in [2.05, 4.69) is 28.1 Å². The van der Waals surface area contributed by atoms with Crippen molar-refractivity contribution in [3.63, 3.8) is 0 Å². The Morgan fingerprint density at radius 2 is 1.52 bits per heavy atom. The molecule has 1 fully saturated rings. The van der Waals surface area contributed by atoms with Gasteiger partial charge >= 0.3 is 0 Å². The molecule has 0 spiro atoms. The van der Waals surface area contributed by atoms with E-state index in [1.54, 1.807) is 12.3 Å². The number of nitriles is 1. The molecular formula is C28H23N3O2. The van der Waals surface area contributed by atoms with Crippen LogP contribution in [-0.2, 0) is 6.54 Å². The molecule has 1 aliphatic rings. The first-order valence-corrected chi connectivity index (χ1v) is 10.9. The zero-order chi connectivity index (χ0) is 22.5. The van der Waals surface area contributed by atoms with Gasteiger partial charge in [-0.1, -0.05) is 42.5 Å². The molecule has 0 aliphatic carbocycles. The van der Waals surface area contributed by atoms with Crippen LogP contribution in [0.4, 0.5) is 0 Å². The van der Waals surface area contributed by atoms with Gasteiger partial charge in [0, 0.05) is 25.8 Å². The number of hydrogen-bond donors (Lipinski definition) is 0. The third-order valence-corrected chi connectivity index (χ3v) is 5.60. The quantitative estimate of drug-likeness (QED) is 0.376. The fourth-order valence-electron chi connectivity index (χ4n) is 3.86. The first-order chi connectivity index (χ1) is 16.2. The van der Waals surface area contributed by atoms with Gasteiger partial charge in [-0.05, 0) is 65.2 Å². The molecule has 0 unspecified atom stereocenters. The topological polar surface area (TPSA) is 58.4 Å². The monoisotopic (exact) mass is 433 g/mol. The molecule has 1 aliphatic heterocycles. The smallest absolute Gasteiger partial charge is 0.141 e. The predicted molar refractivity (Wildman–Crippen MR) is 127 cm³/mol. The Morgan fingerprint density at radius 1 is 0.818 bits per heavy atom. The van der Waals surface area contributed by atoms with Crippen LogP contribution in [0.1, 0.15) is 11.3 Å². The number of aromatic nitrogens is 1. The molecule has 1 saturated heterocycles.